The van der Waals surface area contributed by atoms with Crippen LogP contribution in [0.2, 0.25) is 0 Å². The Morgan fingerprint density at radius 3 is 2.43 bits per heavy atom. The Labute approximate surface area is 135 Å². The van der Waals surface area contributed by atoms with Crippen LogP contribution in [0.15, 0.2) is 35.4 Å². The molecule has 124 valence electrons. The molecule has 0 fully saturated rings. The Bertz CT molecular complexity index is 694. The topological polar surface area (TPSA) is 78.6 Å². The van der Waals surface area contributed by atoms with E-state index in [1.807, 2.05) is 30.5 Å². The van der Waals surface area contributed by atoms with E-state index in [9.17, 15) is 15.0 Å². The summed E-state index contributed by atoms with van der Waals surface area (Å²) in [6.45, 7) is 6.33. The van der Waals surface area contributed by atoms with E-state index in [1.165, 1.54) is 6.07 Å². The van der Waals surface area contributed by atoms with Gasteiger partial charge in [0.25, 0.3) is 0 Å². The van der Waals surface area contributed by atoms with Gasteiger partial charge in [-0.3, -0.25) is 14.7 Å². The monoisotopic (exact) mass is 317 g/mol. The smallest absolute Gasteiger partial charge is 0.223 e. The predicted octanol–water partition coefficient (Wildman–Crippen LogP) is 1.33. The molecule has 0 aliphatic heterocycles. The van der Waals surface area contributed by atoms with E-state index in [4.69, 9.17) is 0 Å². The molecular formula is C17H23N3O3. The summed E-state index contributed by atoms with van der Waals surface area (Å²) in [5.74, 6) is -0.247. The van der Waals surface area contributed by atoms with Crippen molar-refractivity contribution in [3.05, 3.63) is 57.8 Å². The van der Waals surface area contributed by atoms with Gasteiger partial charge in [-0.15, -0.1) is 0 Å². The molecule has 0 aliphatic rings. The number of aliphatic hydroxyl groups excluding tert-OH is 1. The Morgan fingerprint density at radius 2 is 1.87 bits per heavy atom. The third-order valence-corrected chi connectivity index (χ3v) is 4.00. The third-order valence-electron chi connectivity index (χ3n) is 4.00. The fraction of sp³-hybridized carbons (Fsp3) is 0.412. The molecule has 2 aromatic heterocycles. The summed E-state index contributed by atoms with van der Waals surface area (Å²) >= 11 is 0. The molecule has 2 rings (SSSR count). The molecule has 2 N–H and O–H groups in total. The summed E-state index contributed by atoms with van der Waals surface area (Å²) in [6.07, 6.45) is 3.39. The number of nitrogens with zero attached hydrogens (tertiary/aromatic N) is 3. The lowest BCUT2D eigenvalue weighted by atomic mass is 10.2. The van der Waals surface area contributed by atoms with Crippen LogP contribution in [0.1, 0.15) is 30.8 Å². The van der Waals surface area contributed by atoms with Gasteiger partial charge in [-0.05, 0) is 30.8 Å². The fourth-order valence-corrected chi connectivity index (χ4v) is 2.56. The molecule has 0 spiro atoms. The van der Waals surface area contributed by atoms with Crippen LogP contribution < -0.4 is 5.43 Å². The molecule has 2 heterocycles. The summed E-state index contributed by atoms with van der Waals surface area (Å²) in [4.78, 5) is 18.1. The number of aromatic hydroxyl groups is 1. The first-order valence-electron chi connectivity index (χ1n) is 7.77. The highest BCUT2D eigenvalue weighted by Gasteiger charge is 2.17. The first kappa shape index (κ1) is 17.2. The second-order valence-electron chi connectivity index (χ2n) is 5.36. The lowest BCUT2D eigenvalue weighted by molar-refractivity contribution is 0.257. The van der Waals surface area contributed by atoms with E-state index >= 15 is 0 Å². The van der Waals surface area contributed by atoms with Crippen LogP contribution in [0.25, 0.3) is 0 Å². The van der Waals surface area contributed by atoms with E-state index in [1.54, 1.807) is 12.4 Å². The molecule has 0 bridgehead atoms. The molecule has 0 amide bonds. The molecule has 0 atom stereocenters. The molecule has 0 radical (unpaired) electrons. The van der Waals surface area contributed by atoms with Crippen LogP contribution in [0.3, 0.4) is 0 Å². The van der Waals surface area contributed by atoms with E-state index in [2.05, 4.69) is 9.88 Å². The van der Waals surface area contributed by atoms with Crippen LogP contribution in [0.5, 0.6) is 5.75 Å². The summed E-state index contributed by atoms with van der Waals surface area (Å²) < 4.78 is 1.81. The van der Waals surface area contributed by atoms with Crippen molar-refractivity contribution in [3.63, 3.8) is 0 Å². The van der Waals surface area contributed by atoms with Crippen molar-refractivity contribution in [3.8, 4) is 5.75 Å². The van der Waals surface area contributed by atoms with Crippen molar-refractivity contribution in [2.24, 2.45) is 0 Å². The summed E-state index contributed by atoms with van der Waals surface area (Å²) in [5, 5.41) is 19.9. The number of rotatable bonds is 7. The number of aromatic nitrogens is 2. The van der Waals surface area contributed by atoms with E-state index in [0.29, 0.717) is 24.5 Å². The number of hydrogen-bond donors (Lipinski definition) is 2. The summed E-state index contributed by atoms with van der Waals surface area (Å²) in [5.41, 5.74) is 1.55. The van der Waals surface area contributed by atoms with Crippen molar-refractivity contribution in [2.45, 2.75) is 33.5 Å². The maximum atomic E-state index is 12.0. The van der Waals surface area contributed by atoms with E-state index in [0.717, 1.165) is 18.7 Å². The zero-order valence-corrected chi connectivity index (χ0v) is 13.6. The second-order valence-corrected chi connectivity index (χ2v) is 5.36. The predicted molar refractivity (Wildman–Crippen MR) is 88.3 cm³/mol. The summed E-state index contributed by atoms with van der Waals surface area (Å²) in [6, 6.07) is 5.04. The maximum absolute atomic E-state index is 12.0. The molecule has 0 aromatic carbocycles. The van der Waals surface area contributed by atoms with Gasteiger partial charge in [0.05, 0.1) is 12.3 Å². The molecular weight excluding hydrogens is 294 g/mol. The Balaban J connectivity index is 2.52. The van der Waals surface area contributed by atoms with Crippen LogP contribution in [-0.4, -0.2) is 37.8 Å². The molecule has 6 nitrogen and oxygen atoms in total. The number of pyridine rings is 2. The van der Waals surface area contributed by atoms with Crippen molar-refractivity contribution in [1.82, 2.24) is 14.5 Å². The van der Waals surface area contributed by atoms with Crippen molar-refractivity contribution in [1.29, 1.82) is 0 Å². The van der Waals surface area contributed by atoms with Crippen molar-refractivity contribution in [2.75, 3.05) is 13.1 Å². The van der Waals surface area contributed by atoms with Crippen LogP contribution in [-0.2, 0) is 19.7 Å². The Morgan fingerprint density at radius 1 is 1.22 bits per heavy atom. The largest absolute Gasteiger partial charge is 0.503 e. The lowest BCUT2D eigenvalue weighted by Crippen LogP contribution is -2.27. The molecule has 0 unspecified atom stereocenters. The Kier molecular flexibility index (Phi) is 5.90. The minimum atomic E-state index is -0.456. The van der Waals surface area contributed by atoms with Gasteiger partial charge in [0.2, 0.25) is 5.43 Å². The van der Waals surface area contributed by atoms with Gasteiger partial charge in [0, 0.05) is 37.2 Å². The number of hydrogen-bond acceptors (Lipinski definition) is 5. The van der Waals surface area contributed by atoms with Gasteiger partial charge in [-0.2, -0.15) is 0 Å². The number of aliphatic hydroxyl groups is 1. The lowest BCUT2D eigenvalue weighted by Gasteiger charge is -2.24. The van der Waals surface area contributed by atoms with Crippen molar-refractivity contribution < 1.29 is 10.2 Å². The van der Waals surface area contributed by atoms with Gasteiger partial charge >= 0.3 is 0 Å². The summed E-state index contributed by atoms with van der Waals surface area (Å²) in [7, 11) is 0. The quantitative estimate of drug-likeness (QED) is 0.805. The van der Waals surface area contributed by atoms with Crippen molar-refractivity contribution >= 4 is 0 Å². The van der Waals surface area contributed by atoms with Crippen LogP contribution in [0.4, 0.5) is 0 Å². The highest BCUT2D eigenvalue weighted by atomic mass is 16.3. The highest BCUT2D eigenvalue weighted by Crippen LogP contribution is 2.19. The molecule has 2 aromatic rings. The SMILES string of the molecule is CCN(CC)Cc1c(O)c(=O)cc(CO)n1Cc1ccncc1. The molecule has 0 saturated carbocycles. The average Bonchev–Trinajstić information content (AvgIpc) is 2.58. The standard InChI is InChI=1S/C17H23N3O3/c1-3-19(4-2)11-15-17(23)16(22)9-14(12-21)20(15)10-13-5-7-18-8-6-13/h5-9,21,23H,3-4,10-12H2,1-2H3. The van der Waals surface area contributed by atoms with Gasteiger partial charge in [-0.1, -0.05) is 13.8 Å². The average molecular weight is 317 g/mol. The molecule has 6 heteroatoms. The highest BCUT2D eigenvalue weighted by molar-refractivity contribution is 5.31. The first-order valence-corrected chi connectivity index (χ1v) is 7.77. The maximum Gasteiger partial charge on any atom is 0.223 e. The van der Waals surface area contributed by atoms with Gasteiger partial charge < -0.3 is 14.8 Å². The first-order chi connectivity index (χ1) is 11.1. The third kappa shape index (κ3) is 3.97. The Hall–Kier alpha value is -2.18. The van der Waals surface area contributed by atoms with Crippen LogP contribution in [0, 0.1) is 0 Å². The van der Waals surface area contributed by atoms with Gasteiger partial charge in [0.15, 0.2) is 5.75 Å². The minimum Gasteiger partial charge on any atom is -0.503 e. The minimum absolute atomic E-state index is 0.247. The zero-order chi connectivity index (χ0) is 16.8. The van der Waals surface area contributed by atoms with Gasteiger partial charge in [-0.25, -0.2) is 0 Å². The molecule has 23 heavy (non-hydrogen) atoms. The van der Waals surface area contributed by atoms with E-state index < -0.39 is 5.43 Å². The van der Waals surface area contributed by atoms with Crippen LogP contribution >= 0.6 is 0 Å². The fourth-order valence-electron chi connectivity index (χ4n) is 2.56. The van der Waals surface area contributed by atoms with Gasteiger partial charge in [0.1, 0.15) is 0 Å². The second kappa shape index (κ2) is 7.89. The zero-order valence-electron chi connectivity index (χ0n) is 13.6. The van der Waals surface area contributed by atoms with E-state index in [-0.39, 0.29) is 12.4 Å². The normalized spacial score (nSPS) is 11.1. The molecule has 0 saturated heterocycles. The molecule has 0 aliphatic carbocycles.